The molecule has 4 nitrogen and oxygen atoms in total. The monoisotopic (exact) mass is 224 g/mol. The summed E-state index contributed by atoms with van der Waals surface area (Å²) in [6, 6.07) is 0. The average Bonchev–Trinajstić information content (AvgIpc) is 2.02. The van der Waals surface area contributed by atoms with Crippen molar-refractivity contribution in [3.8, 4) is 0 Å². The number of carboxylic acid groups (broad SMARTS) is 2. The molecule has 0 aromatic rings. The summed E-state index contributed by atoms with van der Waals surface area (Å²) in [5.74, 6) is -3.68. The van der Waals surface area contributed by atoms with Crippen molar-refractivity contribution in [2.45, 2.75) is 26.2 Å². The number of allylic oxidation sites excluding steroid dienone is 2. The molecular formula is C9H12CaO4. The molecule has 0 fully saturated rings. The maximum atomic E-state index is 10.4. The third kappa shape index (κ3) is 8.53. The molecule has 0 bridgehead atoms. The van der Waals surface area contributed by atoms with Crippen LogP contribution in [0.25, 0.3) is 0 Å². The molecule has 0 aromatic carbocycles. The Kier molecular flexibility index (Phi) is 11.1. The van der Waals surface area contributed by atoms with Crippen LogP contribution < -0.4 is 10.2 Å². The Bertz CT molecular complexity index is 213. The molecule has 0 rings (SSSR count). The topological polar surface area (TPSA) is 80.3 Å². The SMILES string of the molecule is CC/C=C/CC(CC(=O)[O-])C(=O)[O-].[Ca+2]. The zero-order valence-corrected chi connectivity index (χ0v) is 10.4. The molecule has 0 aliphatic rings. The van der Waals surface area contributed by atoms with E-state index in [-0.39, 0.29) is 44.2 Å². The van der Waals surface area contributed by atoms with Crippen LogP contribution in [0, 0.1) is 5.92 Å². The van der Waals surface area contributed by atoms with E-state index in [0.29, 0.717) is 0 Å². The Morgan fingerprint density at radius 2 is 1.86 bits per heavy atom. The smallest absolute Gasteiger partial charge is 0.550 e. The molecule has 0 N–H and O–H groups in total. The second kappa shape index (κ2) is 9.49. The van der Waals surface area contributed by atoms with Crippen molar-refractivity contribution in [3.63, 3.8) is 0 Å². The zero-order chi connectivity index (χ0) is 10.3. The molecule has 0 aliphatic carbocycles. The summed E-state index contributed by atoms with van der Waals surface area (Å²) in [5.41, 5.74) is 0. The van der Waals surface area contributed by atoms with Crippen molar-refractivity contribution in [2.75, 3.05) is 0 Å². The number of carbonyl (C=O) groups is 2. The first-order valence-corrected chi connectivity index (χ1v) is 4.13. The molecule has 0 spiro atoms. The first kappa shape index (κ1) is 16.4. The third-order valence-corrected chi connectivity index (χ3v) is 1.57. The second-order valence-electron chi connectivity index (χ2n) is 2.71. The van der Waals surface area contributed by atoms with Crippen LogP contribution in [-0.2, 0) is 9.59 Å². The normalized spacial score (nSPS) is 12.1. The van der Waals surface area contributed by atoms with Crippen LogP contribution in [0.3, 0.4) is 0 Å². The predicted octanol–water partition coefficient (Wildman–Crippen LogP) is -1.53. The van der Waals surface area contributed by atoms with Gasteiger partial charge in [-0.05, 0) is 19.3 Å². The minimum Gasteiger partial charge on any atom is -0.550 e. The average molecular weight is 224 g/mol. The van der Waals surface area contributed by atoms with Gasteiger partial charge < -0.3 is 19.8 Å². The Morgan fingerprint density at radius 1 is 1.29 bits per heavy atom. The molecule has 0 aliphatic heterocycles. The summed E-state index contributed by atoms with van der Waals surface area (Å²) >= 11 is 0. The molecule has 1 unspecified atom stereocenters. The summed E-state index contributed by atoms with van der Waals surface area (Å²) in [6.45, 7) is 1.91. The molecule has 0 amide bonds. The van der Waals surface area contributed by atoms with Crippen LogP contribution in [-0.4, -0.2) is 49.7 Å². The van der Waals surface area contributed by atoms with Crippen LogP contribution >= 0.6 is 0 Å². The molecular weight excluding hydrogens is 212 g/mol. The van der Waals surface area contributed by atoms with Gasteiger partial charge in [-0.3, -0.25) is 0 Å². The largest absolute Gasteiger partial charge is 2.00 e. The Hall–Kier alpha value is -0.0603. The number of hydrogen-bond donors (Lipinski definition) is 0. The zero-order valence-electron chi connectivity index (χ0n) is 8.19. The molecule has 5 heteroatoms. The van der Waals surface area contributed by atoms with Gasteiger partial charge >= 0.3 is 37.7 Å². The minimum atomic E-state index is -1.36. The molecule has 0 saturated carbocycles. The van der Waals surface area contributed by atoms with E-state index in [1.165, 1.54) is 0 Å². The van der Waals surface area contributed by atoms with Crippen LogP contribution in [0.2, 0.25) is 0 Å². The van der Waals surface area contributed by atoms with E-state index in [1.807, 2.05) is 6.92 Å². The third-order valence-electron chi connectivity index (χ3n) is 1.57. The summed E-state index contributed by atoms with van der Waals surface area (Å²) in [7, 11) is 0. The van der Waals surface area contributed by atoms with Crippen LogP contribution in [0.4, 0.5) is 0 Å². The summed E-state index contributed by atoms with van der Waals surface area (Å²) in [6.07, 6.45) is 3.92. The molecule has 0 saturated heterocycles. The number of aliphatic carboxylic acids is 2. The van der Waals surface area contributed by atoms with Gasteiger partial charge in [0, 0.05) is 17.9 Å². The molecule has 0 radical (unpaired) electrons. The van der Waals surface area contributed by atoms with E-state index >= 15 is 0 Å². The fourth-order valence-electron chi connectivity index (χ4n) is 0.891. The van der Waals surface area contributed by atoms with Gasteiger partial charge in [0.2, 0.25) is 0 Å². The predicted molar refractivity (Wildman–Crippen MR) is 47.9 cm³/mol. The van der Waals surface area contributed by atoms with Crippen molar-refractivity contribution in [1.29, 1.82) is 0 Å². The van der Waals surface area contributed by atoms with E-state index in [1.54, 1.807) is 12.2 Å². The summed E-state index contributed by atoms with van der Waals surface area (Å²) in [4.78, 5) is 20.5. The van der Waals surface area contributed by atoms with Gasteiger partial charge in [-0.2, -0.15) is 0 Å². The van der Waals surface area contributed by atoms with Crippen LogP contribution in [0.1, 0.15) is 26.2 Å². The number of carboxylic acids is 2. The van der Waals surface area contributed by atoms with E-state index in [4.69, 9.17) is 0 Å². The molecule has 0 heterocycles. The maximum absolute atomic E-state index is 10.4. The van der Waals surface area contributed by atoms with Crippen molar-refractivity contribution < 1.29 is 19.8 Å². The van der Waals surface area contributed by atoms with Crippen LogP contribution in [0.5, 0.6) is 0 Å². The van der Waals surface area contributed by atoms with Gasteiger partial charge in [-0.15, -0.1) is 0 Å². The molecule has 0 aromatic heterocycles. The van der Waals surface area contributed by atoms with Gasteiger partial charge in [-0.25, -0.2) is 0 Å². The summed E-state index contributed by atoms with van der Waals surface area (Å²) in [5, 5.41) is 20.5. The fourth-order valence-corrected chi connectivity index (χ4v) is 0.891. The number of rotatable bonds is 6. The van der Waals surface area contributed by atoms with Gasteiger partial charge in [0.15, 0.2) is 0 Å². The molecule has 74 valence electrons. The standard InChI is InChI=1S/C9H14O4.Ca/c1-2-3-4-5-7(9(12)13)6-8(10)11;/h3-4,7H,2,5-6H2,1H3,(H,10,11)(H,12,13);/q;+2/p-2/b4-3+;. The first-order valence-electron chi connectivity index (χ1n) is 4.13. The Morgan fingerprint density at radius 3 is 2.21 bits per heavy atom. The number of hydrogen-bond acceptors (Lipinski definition) is 4. The van der Waals surface area contributed by atoms with E-state index in [9.17, 15) is 19.8 Å². The quantitative estimate of drug-likeness (QED) is 0.405. The van der Waals surface area contributed by atoms with Crippen molar-refractivity contribution in [2.24, 2.45) is 5.92 Å². The minimum absolute atomic E-state index is 0. The Balaban J connectivity index is 0. The molecule has 14 heavy (non-hydrogen) atoms. The van der Waals surface area contributed by atoms with Gasteiger partial charge in [0.1, 0.15) is 0 Å². The van der Waals surface area contributed by atoms with Crippen molar-refractivity contribution in [3.05, 3.63) is 12.2 Å². The van der Waals surface area contributed by atoms with Crippen molar-refractivity contribution >= 4 is 49.7 Å². The Labute approximate surface area is 113 Å². The van der Waals surface area contributed by atoms with Gasteiger partial charge in [0.25, 0.3) is 0 Å². The number of carbonyl (C=O) groups excluding carboxylic acids is 2. The van der Waals surface area contributed by atoms with E-state index in [2.05, 4.69) is 0 Å². The van der Waals surface area contributed by atoms with Crippen molar-refractivity contribution in [1.82, 2.24) is 0 Å². The summed E-state index contributed by atoms with van der Waals surface area (Å²) < 4.78 is 0. The molecule has 1 atom stereocenters. The van der Waals surface area contributed by atoms with E-state index in [0.717, 1.165) is 6.42 Å². The second-order valence-corrected chi connectivity index (χ2v) is 2.71. The van der Waals surface area contributed by atoms with Gasteiger partial charge in [0.05, 0.1) is 0 Å². The maximum Gasteiger partial charge on any atom is 2.00 e. The van der Waals surface area contributed by atoms with E-state index < -0.39 is 24.3 Å². The van der Waals surface area contributed by atoms with Crippen LogP contribution in [0.15, 0.2) is 12.2 Å². The van der Waals surface area contributed by atoms with Gasteiger partial charge in [-0.1, -0.05) is 19.1 Å². The first-order chi connectivity index (χ1) is 6.07. The fraction of sp³-hybridized carbons (Fsp3) is 0.556.